The van der Waals surface area contributed by atoms with Gasteiger partial charge in [-0.05, 0) is 54.5 Å². The molecule has 3 rings (SSSR count). The van der Waals surface area contributed by atoms with Crippen LogP contribution in [0.3, 0.4) is 0 Å². The van der Waals surface area contributed by atoms with E-state index in [1.54, 1.807) is 30.2 Å². The Bertz CT molecular complexity index is 930. The number of carbonyl (C=O) groups excluding carboxylic acids is 1. The number of aromatic nitrogens is 3. The first-order valence-electron chi connectivity index (χ1n) is 9.43. The third kappa shape index (κ3) is 6.33. The Balaban J connectivity index is 1.41. The highest BCUT2D eigenvalue weighted by atomic mass is 32.2. The molecular formula is C21H23FN4OS2. The largest absolute Gasteiger partial charge is 0.355 e. The summed E-state index contributed by atoms with van der Waals surface area (Å²) in [6.45, 7) is 2.72. The van der Waals surface area contributed by atoms with Crippen LogP contribution in [0.5, 0.6) is 0 Å². The molecular weight excluding hydrogens is 407 g/mol. The number of para-hydroxylation sites is 1. The van der Waals surface area contributed by atoms with Crippen molar-refractivity contribution in [3.8, 4) is 5.69 Å². The van der Waals surface area contributed by atoms with E-state index in [4.69, 9.17) is 0 Å². The molecule has 5 nitrogen and oxygen atoms in total. The summed E-state index contributed by atoms with van der Waals surface area (Å²) in [5.74, 6) is 0.896. The average molecular weight is 431 g/mol. The highest BCUT2D eigenvalue weighted by Crippen LogP contribution is 2.22. The molecule has 0 atom stereocenters. The van der Waals surface area contributed by atoms with Gasteiger partial charge in [0.15, 0.2) is 5.16 Å². The Kier molecular flexibility index (Phi) is 8.13. The van der Waals surface area contributed by atoms with E-state index in [9.17, 15) is 9.18 Å². The van der Waals surface area contributed by atoms with Crippen molar-refractivity contribution in [1.29, 1.82) is 0 Å². The van der Waals surface area contributed by atoms with E-state index in [0.29, 0.717) is 11.7 Å². The number of nitrogens with one attached hydrogen (secondary N) is 1. The quantitative estimate of drug-likeness (QED) is 0.383. The van der Waals surface area contributed by atoms with Gasteiger partial charge in [0.1, 0.15) is 12.1 Å². The summed E-state index contributed by atoms with van der Waals surface area (Å²) >= 11 is 3.02. The first kappa shape index (κ1) is 21.4. The van der Waals surface area contributed by atoms with E-state index >= 15 is 0 Å². The van der Waals surface area contributed by atoms with Crippen molar-refractivity contribution in [3.05, 3.63) is 66.2 Å². The van der Waals surface area contributed by atoms with Crippen LogP contribution in [0.1, 0.15) is 18.9 Å². The molecule has 1 N–H and O–H groups in total. The van der Waals surface area contributed by atoms with E-state index in [0.717, 1.165) is 29.2 Å². The number of benzene rings is 2. The zero-order chi connectivity index (χ0) is 20.5. The number of aryl methyl sites for hydroxylation is 1. The molecule has 0 aliphatic carbocycles. The Labute approximate surface area is 178 Å². The minimum atomic E-state index is -0.229. The van der Waals surface area contributed by atoms with Crippen molar-refractivity contribution >= 4 is 29.4 Å². The molecule has 0 unspecified atom stereocenters. The van der Waals surface area contributed by atoms with Gasteiger partial charge in [-0.1, -0.05) is 36.9 Å². The van der Waals surface area contributed by atoms with Gasteiger partial charge in [0, 0.05) is 11.4 Å². The summed E-state index contributed by atoms with van der Waals surface area (Å²) in [5, 5.41) is 11.8. The monoisotopic (exact) mass is 430 g/mol. The molecule has 0 bridgehead atoms. The molecule has 1 amide bonds. The standard InChI is InChI=1S/C21H23FN4OS2/c1-2-16-6-3-4-7-19(16)26-15-24-25-21(26)29-14-20(27)23-12-5-13-28-18-10-8-17(22)9-11-18/h3-4,6-11,15H,2,5,12-14H2,1H3,(H,23,27). The van der Waals surface area contributed by atoms with Crippen molar-refractivity contribution in [1.82, 2.24) is 20.1 Å². The van der Waals surface area contributed by atoms with E-state index in [1.165, 1.54) is 29.5 Å². The molecule has 1 heterocycles. The predicted molar refractivity (Wildman–Crippen MR) is 116 cm³/mol. The highest BCUT2D eigenvalue weighted by Gasteiger charge is 2.12. The lowest BCUT2D eigenvalue weighted by atomic mass is 10.1. The van der Waals surface area contributed by atoms with Crippen molar-refractivity contribution in [3.63, 3.8) is 0 Å². The van der Waals surface area contributed by atoms with Crippen LogP contribution in [-0.2, 0) is 11.2 Å². The smallest absolute Gasteiger partial charge is 0.230 e. The number of rotatable bonds is 10. The van der Waals surface area contributed by atoms with E-state index in [-0.39, 0.29) is 17.5 Å². The average Bonchev–Trinajstić information content (AvgIpc) is 3.21. The van der Waals surface area contributed by atoms with Crippen LogP contribution >= 0.6 is 23.5 Å². The minimum absolute atomic E-state index is 0.0277. The minimum Gasteiger partial charge on any atom is -0.355 e. The van der Waals surface area contributed by atoms with E-state index in [1.807, 2.05) is 22.8 Å². The molecule has 0 spiro atoms. The maximum Gasteiger partial charge on any atom is 0.230 e. The van der Waals surface area contributed by atoms with Gasteiger partial charge in [0.2, 0.25) is 5.91 Å². The van der Waals surface area contributed by atoms with Crippen LogP contribution in [0, 0.1) is 5.82 Å². The molecule has 2 aromatic carbocycles. The molecule has 29 heavy (non-hydrogen) atoms. The lowest BCUT2D eigenvalue weighted by Gasteiger charge is -2.10. The maximum absolute atomic E-state index is 12.9. The fourth-order valence-corrected chi connectivity index (χ4v) is 4.34. The number of carbonyl (C=O) groups is 1. The topological polar surface area (TPSA) is 59.8 Å². The van der Waals surface area contributed by atoms with Gasteiger partial charge in [-0.15, -0.1) is 22.0 Å². The Morgan fingerprint density at radius 2 is 1.93 bits per heavy atom. The highest BCUT2D eigenvalue weighted by molar-refractivity contribution is 7.99. The number of thioether (sulfide) groups is 2. The third-order valence-electron chi connectivity index (χ3n) is 4.21. The Morgan fingerprint density at radius 3 is 2.72 bits per heavy atom. The summed E-state index contributed by atoms with van der Waals surface area (Å²) in [4.78, 5) is 13.2. The molecule has 152 valence electrons. The zero-order valence-electron chi connectivity index (χ0n) is 16.2. The second kappa shape index (κ2) is 11.0. The van der Waals surface area contributed by atoms with Crippen LogP contribution in [0.15, 0.2) is 64.9 Å². The summed E-state index contributed by atoms with van der Waals surface area (Å²) in [7, 11) is 0. The second-order valence-corrected chi connectivity index (χ2v) is 8.37. The van der Waals surface area contributed by atoms with E-state index < -0.39 is 0 Å². The van der Waals surface area contributed by atoms with Crippen molar-refractivity contribution in [2.75, 3.05) is 18.1 Å². The Hall–Kier alpha value is -2.32. The van der Waals surface area contributed by atoms with Crippen LogP contribution in [0.4, 0.5) is 4.39 Å². The molecule has 0 saturated heterocycles. The van der Waals surface area contributed by atoms with Crippen molar-refractivity contribution in [2.24, 2.45) is 0 Å². The summed E-state index contributed by atoms with van der Waals surface area (Å²) < 4.78 is 14.8. The molecule has 0 radical (unpaired) electrons. The molecule has 0 aliphatic heterocycles. The summed E-state index contributed by atoms with van der Waals surface area (Å²) in [6, 6.07) is 14.6. The zero-order valence-corrected chi connectivity index (χ0v) is 17.8. The van der Waals surface area contributed by atoms with Gasteiger partial charge in [0.05, 0.1) is 11.4 Å². The van der Waals surface area contributed by atoms with Gasteiger partial charge in [0.25, 0.3) is 0 Å². The fourth-order valence-electron chi connectivity index (χ4n) is 2.73. The van der Waals surface area contributed by atoms with Crippen LogP contribution < -0.4 is 5.32 Å². The number of hydrogen-bond donors (Lipinski definition) is 1. The first-order chi connectivity index (χ1) is 14.2. The lowest BCUT2D eigenvalue weighted by Crippen LogP contribution is -2.26. The predicted octanol–water partition coefficient (Wildman–Crippen LogP) is 4.36. The molecule has 0 saturated carbocycles. The SMILES string of the molecule is CCc1ccccc1-n1cnnc1SCC(=O)NCCCSc1ccc(F)cc1. The van der Waals surface area contributed by atoms with Gasteiger partial charge >= 0.3 is 0 Å². The molecule has 0 fully saturated rings. The van der Waals surface area contributed by atoms with Gasteiger partial charge in [-0.25, -0.2) is 4.39 Å². The normalized spacial score (nSPS) is 10.8. The first-order valence-corrected chi connectivity index (χ1v) is 11.4. The van der Waals surface area contributed by atoms with E-state index in [2.05, 4.69) is 28.5 Å². The second-order valence-electron chi connectivity index (χ2n) is 6.26. The summed E-state index contributed by atoms with van der Waals surface area (Å²) in [6.07, 6.45) is 3.44. The van der Waals surface area contributed by atoms with Crippen molar-refractivity contribution < 1.29 is 9.18 Å². The lowest BCUT2D eigenvalue weighted by molar-refractivity contribution is -0.118. The van der Waals surface area contributed by atoms with Gasteiger partial charge in [-0.3, -0.25) is 9.36 Å². The van der Waals surface area contributed by atoms with Crippen LogP contribution in [-0.4, -0.2) is 38.7 Å². The fraction of sp³-hybridized carbons (Fsp3) is 0.286. The van der Waals surface area contributed by atoms with Gasteiger partial charge < -0.3 is 5.32 Å². The molecule has 1 aromatic heterocycles. The summed E-state index contributed by atoms with van der Waals surface area (Å²) in [5.41, 5.74) is 2.25. The number of nitrogens with zero attached hydrogens (tertiary/aromatic N) is 3. The molecule has 0 aliphatic rings. The van der Waals surface area contributed by atoms with Crippen molar-refractivity contribution in [2.45, 2.75) is 29.8 Å². The number of hydrogen-bond acceptors (Lipinski definition) is 5. The molecule has 3 aromatic rings. The number of amides is 1. The molecule has 8 heteroatoms. The van der Waals surface area contributed by atoms with Crippen LogP contribution in [0.2, 0.25) is 0 Å². The van der Waals surface area contributed by atoms with Crippen LogP contribution in [0.25, 0.3) is 5.69 Å². The maximum atomic E-state index is 12.9. The Morgan fingerprint density at radius 1 is 1.14 bits per heavy atom. The van der Waals surface area contributed by atoms with Gasteiger partial charge in [-0.2, -0.15) is 0 Å². The number of halogens is 1. The third-order valence-corrected chi connectivity index (χ3v) is 6.25.